The number of aliphatic hydroxyl groups excluding tert-OH is 1. The molecule has 5 aromatic carbocycles. The van der Waals surface area contributed by atoms with Crippen LogP contribution in [0.1, 0.15) is 53.1 Å². The Bertz CT molecular complexity index is 2340. The molecule has 1 unspecified atom stereocenters. The molecule has 1 aromatic heterocycles. The third-order valence-corrected chi connectivity index (χ3v) is 11.1. The van der Waals surface area contributed by atoms with Crippen molar-refractivity contribution in [2.75, 3.05) is 5.75 Å². The highest BCUT2D eigenvalue weighted by atomic mass is 32.2. The van der Waals surface area contributed by atoms with Gasteiger partial charge in [-0.3, -0.25) is 14.5 Å². The Morgan fingerprint density at radius 2 is 1.53 bits per heavy atom. The van der Waals surface area contributed by atoms with Gasteiger partial charge in [-0.05, 0) is 55.9 Å². The lowest BCUT2D eigenvalue weighted by atomic mass is 9.97. The minimum atomic E-state index is -1.00. The van der Waals surface area contributed by atoms with Gasteiger partial charge < -0.3 is 24.6 Å². The molecule has 2 fully saturated rings. The van der Waals surface area contributed by atoms with E-state index < -0.39 is 24.3 Å². The molecule has 2 saturated heterocycles. The zero-order valence-electron chi connectivity index (χ0n) is 31.3. The molecule has 4 atom stereocenters. The van der Waals surface area contributed by atoms with E-state index in [1.807, 2.05) is 133 Å². The van der Waals surface area contributed by atoms with Crippen LogP contribution in [0, 0.1) is 0 Å². The molecule has 3 amide bonds. The number of ether oxygens (including phenoxy) is 3. The minimum absolute atomic E-state index is 0.0448. The van der Waals surface area contributed by atoms with E-state index in [1.165, 1.54) is 16.7 Å². The highest BCUT2D eigenvalue weighted by Gasteiger charge is 2.40. The molecular weight excluding hydrogens is 757 g/mol. The van der Waals surface area contributed by atoms with Crippen LogP contribution in [-0.2, 0) is 43.6 Å². The van der Waals surface area contributed by atoms with Crippen molar-refractivity contribution in [3.8, 4) is 16.8 Å². The molecule has 0 saturated carbocycles. The number of amides is 3. The first kappa shape index (κ1) is 38.7. The second-order valence-corrected chi connectivity index (χ2v) is 14.9. The fourth-order valence-electron chi connectivity index (χ4n) is 6.99. The summed E-state index contributed by atoms with van der Waals surface area (Å²) in [6.07, 6.45) is -1.48. The maximum absolute atomic E-state index is 13.4. The molecule has 0 radical (unpaired) electrons. The Balaban J connectivity index is 0.955. The van der Waals surface area contributed by atoms with Gasteiger partial charge in [-0.25, -0.2) is 4.79 Å². The molecule has 0 bridgehead atoms. The van der Waals surface area contributed by atoms with E-state index in [0.29, 0.717) is 17.3 Å². The molecule has 8 rings (SSSR count). The van der Waals surface area contributed by atoms with Crippen LogP contribution in [0.3, 0.4) is 0 Å². The SMILES string of the molecule is O=C(NC1CC(=O)N(Cc2ccccc2-c2ccc([C@H]3O[C@@H](CSc4nnnn4-c4ccccc4)C[C@@H](c4ccc(CO)cc4)O3)cc2)C1=O)OCc1ccccc1. The van der Waals surface area contributed by atoms with Crippen LogP contribution < -0.4 is 5.32 Å². The number of rotatable bonds is 13. The molecular formula is C44H40N6O7S. The number of aromatic nitrogens is 4. The number of likely N-dealkylation sites (tertiary alicyclic amines) is 1. The van der Waals surface area contributed by atoms with Crippen LogP contribution >= 0.6 is 11.8 Å². The van der Waals surface area contributed by atoms with Gasteiger partial charge in [-0.2, -0.15) is 4.68 Å². The number of alkyl carbamates (subject to hydrolysis) is 1. The number of aliphatic hydroxyl groups is 1. The number of tetrazole rings is 1. The Morgan fingerprint density at radius 3 is 2.29 bits per heavy atom. The van der Waals surface area contributed by atoms with Crippen LogP contribution in [0.15, 0.2) is 139 Å². The highest BCUT2D eigenvalue weighted by molar-refractivity contribution is 7.99. The second kappa shape index (κ2) is 17.9. The largest absolute Gasteiger partial charge is 0.445 e. The number of benzene rings is 5. The molecule has 2 aliphatic rings. The van der Waals surface area contributed by atoms with E-state index >= 15 is 0 Å². The van der Waals surface area contributed by atoms with Crippen molar-refractivity contribution in [2.24, 2.45) is 0 Å². The number of hydrogen-bond donors (Lipinski definition) is 2. The smallest absolute Gasteiger partial charge is 0.408 e. The minimum Gasteiger partial charge on any atom is -0.445 e. The Morgan fingerprint density at radius 1 is 0.828 bits per heavy atom. The van der Waals surface area contributed by atoms with Crippen molar-refractivity contribution in [3.63, 3.8) is 0 Å². The second-order valence-electron chi connectivity index (χ2n) is 13.9. The van der Waals surface area contributed by atoms with E-state index in [1.54, 1.807) is 4.68 Å². The number of carbonyl (C=O) groups is 3. The lowest BCUT2D eigenvalue weighted by molar-refractivity contribution is -0.245. The molecule has 13 nitrogen and oxygen atoms in total. The van der Waals surface area contributed by atoms with E-state index in [-0.39, 0.29) is 44.3 Å². The van der Waals surface area contributed by atoms with Crippen LogP contribution in [0.5, 0.6) is 0 Å². The standard InChI is InChI=1S/C44H40N6O7S/c51-26-29-15-17-32(18-16-29)39-23-36(28-58-43-46-47-48-50(43)35-12-5-2-6-13-35)56-42(57-39)33-21-19-31(20-22-33)37-14-8-7-11-34(37)25-49-40(52)24-38(41(49)53)45-44(54)55-27-30-9-3-1-4-10-30/h1-22,36,38-39,42,51H,23-28H2,(H,45,54)/t36-,38?,39+,42+/m1/s1. The highest BCUT2D eigenvalue weighted by Crippen LogP contribution is 2.40. The summed E-state index contributed by atoms with van der Waals surface area (Å²) in [6, 6.07) is 41.1. The number of thioether (sulfide) groups is 1. The van der Waals surface area contributed by atoms with Crippen molar-refractivity contribution < 1.29 is 33.7 Å². The fourth-order valence-corrected chi connectivity index (χ4v) is 7.90. The normalized spacial score (nSPS) is 19.3. The Labute approximate surface area is 338 Å². The molecule has 3 heterocycles. The first-order valence-corrected chi connectivity index (χ1v) is 19.9. The zero-order chi connectivity index (χ0) is 39.8. The van der Waals surface area contributed by atoms with Gasteiger partial charge in [0.1, 0.15) is 12.6 Å². The molecule has 6 aromatic rings. The summed E-state index contributed by atoms with van der Waals surface area (Å²) < 4.78 is 20.2. The van der Waals surface area contributed by atoms with E-state index in [0.717, 1.165) is 44.6 Å². The van der Waals surface area contributed by atoms with Crippen LogP contribution in [0.2, 0.25) is 0 Å². The summed E-state index contributed by atoms with van der Waals surface area (Å²) in [6.45, 7) is 0.0515. The van der Waals surface area contributed by atoms with Gasteiger partial charge in [0, 0.05) is 17.7 Å². The first-order valence-electron chi connectivity index (χ1n) is 18.9. The topological polar surface area (TPSA) is 158 Å². The number of hydrogen-bond acceptors (Lipinski definition) is 11. The lowest BCUT2D eigenvalue weighted by Crippen LogP contribution is -2.41. The predicted octanol–water partition coefficient (Wildman–Crippen LogP) is 6.71. The lowest BCUT2D eigenvalue weighted by Gasteiger charge is -2.36. The molecule has 0 aliphatic carbocycles. The summed E-state index contributed by atoms with van der Waals surface area (Å²) >= 11 is 1.51. The third kappa shape index (κ3) is 9.00. The number of carbonyl (C=O) groups excluding carboxylic acids is 3. The monoisotopic (exact) mass is 796 g/mol. The van der Waals surface area contributed by atoms with E-state index in [9.17, 15) is 19.5 Å². The number of imide groups is 1. The van der Waals surface area contributed by atoms with Gasteiger partial charge in [-0.1, -0.05) is 133 Å². The van der Waals surface area contributed by atoms with Gasteiger partial charge in [0.15, 0.2) is 6.29 Å². The maximum atomic E-state index is 13.4. The van der Waals surface area contributed by atoms with Crippen molar-refractivity contribution in [3.05, 3.63) is 161 Å². The van der Waals surface area contributed by atoms with Gasteiger partial charge in [-0.15, -0.1) is 5.10 Å². The summed E-state index contributed by atoms with van der Waals surface area (Å²) in [5.74, 6) is -0.286. The van der Waals surface area contributed by atoms with Crippen LogP contribution in [-0.4, -0.2) is 66.0 Å². The molecule has 2 N–H and O–H groups in total. The van der Waals surface area contributed by atoms with Gasteiger partial charge in [0.05, 0.1) is 37.5 Å². The maximum Gasteiger partial charge on any atom is 0.408 e. The fraction of sp³-hybridized carbons (Fsp3) is 0.227. The first-order chi connectivity index (χ1) is 28.4. The van der Waals surface area contributed by atoms with Gasteiger partial charge >= 0.3 is 6.09 Å². The molecule has 0 spiro atoms. The van der Waals surface area contributed by atoms with Crippen molar-refractivity contribution >= 4 is 29.7 Å². The average molecular weight is 797 g/mol. The van der Waals surface area contributed by atoms with Crippen molar-refractivity contribution in [1.82, 2.24) is 30.4 Å². The summed E-state index contributed by atoms with van der Waals surface area (Å²) in [5, 5.41) is 25.2. The summed E-state index contributed by atoms with van der Waals surface area (Å²) in [7, 11) is 0. The van der Waals surface area contributed by atoms with E-state index in [2.05, 4.69) is 20.8 Å². The van der Waals surface area contributed by atoms with Crippen molar-refractivity contribution in [1.29, 1.82) is 0 Å². The predicted molar refractivity (Wildman–Crippen MR) is 214 cm³/mol. The van der Waals surface area contributed by atoms with Crippen molar-refractivity contribution in [2.45, 2.75) is 62.3 Å². The zero-order valence-corrected chi connectivity index (χ0v) is 32.1. The van der Waals surface area contributed by atoms with Gasteiger partial charge in [0.2, 0.25) is 11.1 Å². The van der Waals surface area contributed by atoms with Gasteiger partial charge in [0.25, 0.3) is 5.91 Å². The summed E-state index contributed by atoms with van der Waals surface area (Å²) in [4.78, 5) is 40.1. The van der Waals surface area contributed by atoms with E-state index in [4.69, 9.17) is 14.2 Å². The van der Waals surface area contributed by atoms with Crippen LogP contribution in [0.25, 0.3) is 16.8 Å². The summed E-state index contributed by atoms with van der Waals surface area (Å²) in [5.41, 5.74) is 6.79. The molecule has 58 heavy (non-hydrogen) atoms. The number of nitrogens with one attached hydrogen (secondary N) is 1. The Kier molecular flexibility index (Phi) is 12.0. The average Bonchev–Trinajstić information content (AvgIpc) is 3.85. The number of nitrogens with zero attached hydrogens (tertiary/aromatic N) is 5. The number of para-hydroxylation sites is 1. The molecule has 2 aliphatic heterocycles. The van der Waals surface area contributed by atoms with Crippen LogP contribution in [0.4, 0.5) is 4.79 Å². The molecule has 14 heteroatoms. The quantitative estimate of drug-likeness (QED) is 0.0945. The molecule has 294 valence electrons. The Hall–Kier alpha value is -6.19. The third-order valence-electron chi connectivity index (χ3n) is 10.0.